The molecule has 3 aliphatic rings. The van der Waals surface area contributed by atoms with Gasteiger partial charge in [0.25, 0.3) is 5.91 Å². The summed E-state index contributed by atoms with van der Waals surface area (Å²) in [5, 5.41) is 1.26. The molecule has 0 spiro atoms. The molecule has 164 valence electrons. The van der Waals surface area contributed by atoms with Crippen molar-refractivity contribution in [2.45, 2.75) is 90.5 Å². The first-order valence-electron chi connectivity index (χ1n) is 11.0. The molecule has 0 aromatic rings. The number of likely N-dealkylation sites (tertiary alicyclic amines) is 1. The van der Waals surface area contributed by atoms with Crippen molar-refractivity contribution in [1.82, 2.24) is 9.80 Å². The molecule has 1 aliphatic carbocycles. The van der Waals surface area contributed by atoms with Gasteiger partial charge in [-0.05, 0) is 65.2 Å². The van der Waals surface area contributed by atoms with Gasteiger partial charge in [0.05, 0.1) is 5.92 Å². The number of nitrogens with zero attached hydrogens (tertiary/aromatic N) is 3. The van der Waals surface area contributed by atoms with Crippen molar-refractivity contribution in [2.24, 2.45) is 16.3 Å². The first-order chi connectivity index (χ1) is 13.5. The second kappa shape index (κ2) is 8.48. The van der Waals surface area contributed by atoms with Gasteiger partial charge in [-0.15, -0.1) is 0 Å². The highest BCUT2D eigenvalue weighted by Crippen LogP contribution is 2.46. The lowest BCUT2D eigenvalue weighted by Gasteiger charge is -2.44. The predicted octanol–water partition coefficient (Wildman–Crippen LogP) is 4.53. The van der Waals surface area contributed by atoms with Crippen molar-refractivity contribution < 1.29 is 14.3 Å². The number of piperidine rings is 1. The lowest BCUT2D eigenvalue weighted by Crippen LogP contribution is -2.51. The molecule has 2 fully saturated rings. The summed E-state index contributed by atoms with van der Waals surface area (Å²) in [5.74, 6) is 0.140. The van der Waals surface area contributed by atoms with Crippen LogP contribution in [0.3, 0.4) is 0 Å². The van der Waals surface area contributed by atoms with E-state index in [0.717, 1.165) is 37.4 Å². The van der Waals surface area contributed by atoms with Gasteiger partial charge in [0.1, 0.15) is 5.60 Å². The Morgan fingerprint density at radius 3 is 2.52 bits per heavy atom. The quantitative estimate of drug-likeness (QED) is 0.653. The van der Waals surface area contributed by atoms with Gasteiger partial charge in [0.15, 0.2) is 5.17 Å². The first-order valence-corrected chi connectivity index (χ1v) is 11.9. The molecular formula is C22H37N3O3S. The summed E-state index contributed by atoms with van der Waals surface area (Å²) in [6, 6.07) is 0.314. The molecule has 0 aromatic carbocycles. The smallest absolute Gasteiger partial charge is 0.410 e. The van der Waals surface area contributed by atoms with E-state index in [0.29, 0.717) is 24.4 Å². The fourth-order valence-corrected chi connectivity index (χ4v) is 6.10. The third-order valence-corrected chi connectivity index (χ3v) is 7.65. The third-order valence-electron chi connectivity index (χ3n) is 6.25. The Morgan fingerprint density at radius 2 is 1.93 bits per heavy atom. The SMILES string of the molecule is CCN(C1=NC(=O)C2CC(C)(C)CCC2S1)C1CCN(C(=O)OC(C)(C)C)CC1. The Balaban J connectivity index is 1.62. The zero-order chi connectivity index (χ0) is 21.4. The molecule has 2 unspecified atom stereocenters. The van der Waals surface area contributed by atoms with E-state index >= 15 is 0 Å². The van der Waals surface area contributed by atoms with E-state index in [1.807, 2.05) is 32.5 Å². The van der Waals surface area contributed by atoms with Gasteiger partial charge in [-0.25, -0.2) is 4.79 Å². The Kier molecular flexibility index (Phi) is 6.56. The maximum Gasteiger partial charge on any atom is 0.410 e. The number of fused-ring (bicyclic) bond motifs is 1. The van der Waals surface area contributed by atoms with Crippen molar-refractivity contribution >= 4 is 28.9 Å². The molecular weight excluding hydrogens is 386 g/mol. The Labute approximate surface area is 179 Å². The van der Waals surface area contributed by atoms with Gasteiger partial charge < -0.3 is 14.5 Å². The normalized spacial score (nSPS) is 27.9. The lowest BCUT2D eigenvalue weighted by atomic mass is 9.71. The van der Waals surface area contributed by atoms with Crippen molar-refractivity contribution in [3.8, 4) is 0 Å². The fraction of sp³-hybridized carbons (Fsp3) is 0.864. The monoisotopic (exact) mass is 423 g/mol. The highest BCUT2D eigenvalue weighted by atomic mass is 32.2. The molecule has 1 saturated carbocycles. The van der Waals surface area contributed by atoms with Crippen LogP contribution < -0.4 is 0 Å². The molecule has 1 saturated heterocycles. The Morgan fingerprint density at radius 1 is 1.28 bits per heavy atom. The molecule has 2 amide bonds. The lowest BCUT2D eigenvalue weighted by molar-refractivity contribution is -0.123. The maximum atomic E-state index is 12.8. The number of amides is 2. The van der Waals surface area contributed by atoms with Crippen molar-refractivity contribution in [1.29, 1.82) is 0 Å². The van der Waals surface area contributed by atoms with Gasteiger partial charge in [0.2, 0.25) is 0 Å². The Bertz CT molecular complexity index is 663. The van der Waals surface area contributed by atoms with Crippen LogP contribution in [0.1, 0.15) is 73.6 Å². The number of hydrogen-bond donors (Lipinski definition) is 0. The predicted molar refractivity (Wildman–Crippen MR) is 118 cm³/mol. The topological polar surface area (TPSA) is 62.2 Å². The summed E-state index contributed by atoms with van der Waals surface area (Å²) < 4.78 is 5.51. The van der Waals surface area contributed by atoms with Crippen LogP contribution in [0.25, 0.3) is 0 Å². The van der Waals surface area contributed by atoms with Gasteiger partial charge in [-0.3, -0.25) is 4.79 Å². The second-order valence-electron chi connectivity index (χ2n) is 10.4. The highest BCUT2D eigenvalue weighted by molar-refractivity contribution is 8.14. The van der Waals surface area contributed by atoms with E-state index in [1.165, 1.54) is 6.42 Å². The average Bonchev–Trinajstić information content (AvgIpc) is 2.62. The number of thioether (sulfide) groups is 1. The maximum absolute atomic E-state index is 12.8. The van der Waals surface area contributed by atoms with Gasteiger partial charge >= 0.3 is 6.09 Å². The molecule has 3 rings (SSSR count). The molecule has 29 heavy (non-hydrogen) atoms. The second-order valence-corrected chi connectivity index (χ2v) is 11.6. The summed E-state index contributed by atoms with van der Waals surface area (Å²) in [7, 11) is 0. The number of carbonyl (C=O) groups excluding carboxylic acids is 2. The van der Waals surface area contributed by atoms with Crippen molar-refractivity contribution in [3.63, 3.8) is 0 Å². The number of aliphatic imine (C=N–C) groups is 1. The molecule has 2 atom stereocenters. The fourth-order valence-electron chi connectivity index (χ4n) is 4.66. The number of amidine groups is 1. The first kappa shape index (κ1) is 22.4. The number of carbonyl (C=O) groups is 2. The van der Waals surface area contributed by atoms with Crippen LogP contribution in [-0.2, 0) is 9.53 Å². The standard InChI is InChI=1S/C22H37N3O3S/c1-7-25(15-9-12-24(13-10-15)20(27)28-21(2,3)4)19-23-18(26)16-14-22(5,6)11-8-17(16)29-19/h15-17H,7-14H2,1-6H3. The van der Waals surface area contributed by atoms with E-state index in [9.17, 15) is 9.59 Å². The Hall–Kier alpha value is -1.24. The largest absolute Gasteiger partial charge is 0.444 e. The number of rotatable bonds is 2. The van der Waals surface area contributed by atoms with E-state index < -0.39 is 5.60 Å². The zero-order valence-corrected chi connectivity index (χ0v) is 19.7. The van der Waals surface area contributed by atoms with Crippen LogP contribution in [0.4, 0.5) is 4.79 Å². The molecule has 0 bridgehead atoms. The molecule has 2 heterocycles. The van der Waals surface area contributed by atoms with Gasteiger partial charge in [0, 0.05) is 30.9 Å². The van der Waals surface area contributed by atoms with Crippen LogP contribution in [0.5, 0.6) is 0 Å². The zero-order valence-electron chi connectivity index (χ0n) is 18.9. The summed E-state index contributed by atoms with van der Waals surface area (Å²) in [6.45, 7) is 14.5. The molecule has 0 aromatic heterocycles. The molecule has 6 nitrogen and oxygen atoms in total. The minimum atomic E-state index is -0.470. The van der Waals surface area contributed by atoms with E-state index in [4.69, 9.17) is 4.74 Å². The van der Waals surface area contributed by atoms with Crippen LogP contribution in [-0.4, -0.2) is 63.5 Å². The van der Waals surface area contributed by atoms with Crippen molar-refractivity contribution in [2.75, 3.05) is 19.6 Å². The molecule has 0 N–H and O–H groups in total. The van der Waals surface area contributed by atoms with E-state index in [2.05, 4.69) is 30.7 Å². The number of ether oxygens (including phenoxy) is 1. The summed E-state index contributed by atoms with van der Waals surface area (Å²) in [5.41, 5.74) is -0.230. The minimum absolute atomic E-state index is 0.0696. The summed E-state index contributed by atoms with van der Waals surface area (Å²) in [4.78, 5) is 33.8. The summed E-state index contributed by atoms with van der Waals surface area (Å²) in [6.07, 6.45) is 4.72. The third kappa shape index (κ3) is 5.47. The van der Waals surface area contributed by atoms with Crippen LogP contribution >= 0.6 is 11.8 Å². The van der Waals surface area contributed by atoms with E-state index in [1.54, 1.807) is 4.90 Å². The van der Waals surface area contributed by atoms with E-state index in [-0.39, 0.29) is 23.3 Å². The average molecular weight is 424 g/mol. The molecule has 0 radical (unpaired) electrons. The van der Waals surface area contributed by atoms with Crippen LogP contribution in [0.2, 0.25) is 0 Å². The van der Waals surface area contributed by atoms with Gasteiger partial charge in [-0.2, -0.15) is 4.99 Å². The van der Waals surface area contributed by atoms with Crippen LogP contribution in [0.15, 0.2) is 4.99 Å². The number of hydrogen-bond acceptors (Lipinski definition) is 5. The van der Waals surface area contributed by atoms with Gasteiger partial charge in [-0.1, -0.05) is 25.6 Å². The highest BCUT2D eigenvalue weighted by Gasteiger charge is 2.43. The minimum Gasteiger partial charge on any atom is -0.444 e. The van der Waals surface area contributed by atoms with Crippen molar-refractivity contribution in [3.05, 3.63) is 0 Å². The summed E-state index contributed by atoms with van der Waals surface area (Å²) >= 11 is 1.81. The molecule has 2 aliphatic heterocycles. The molecule has 7 heteroatoms. The van der Waals surface area contributed by atoms with Crippen LogP contribution in [0, 0.1) is 11.3 Å².